The number of halogens is 1. The van der Waals surface area contributed by atoms with Gasteiger partial charge in [-0.2, -0.15) is 5.10 Å². The van der Waals surface area contributed by atoms with E-state index >= 15 is 0 Å². The molecule has 1 amide bonds. The van der Waals surface area contributed by atoms with Gasteiger partial charge >= 0.3 is 0 Å². The molecule has 0 saturated carbocycles. The van der Waals surface area contributed by atoms with Gasteiger partial charge in [0.2, 0.25) is 5.91 Å². The van der Waals surface area contributed by atoms with Gasteiger partial charge in [-0.1, -0.05) is 0 Å². The van der Waals surface area contributed by atoms with Crippen molar-refractivity contribution >= 4 is 17.3 Å². The predicted octanol–water partition coefficient (Wildman–Crippen LogP) is 1.65. The van der Waals surface area contributed by atoms with E-state index in [1.807, 2.05) is 0 Å². The van der Waals surface area contributed by atoms with Crippen molar-refractivity contribution in [2.75, 3.05) is 23.8 Å². The zero-order chi connectivity index (χ0) is 16.1. The first kappa shape index (κ1) is 15.4. The number of carbonyl (C=O) groups is 1. The normalized spacial score (nSPS) is 17.2. The lowest BCUT2D eigenvalue weighted by Gasteiger charge is -2.13. The summed E-state index contributed by atoms with van der Waals surface area (Å²) < 4.78 is 20.9. The fraction of sp³-hybridized carbons (Fsp3) is 0.400. The van der Waals surface area contributed by atoms with Crippen molar-refractivity contribution in [1.82, 2.24) is 14.8 Å². The van der Waals surface area contributed by atoms with E-state index in [1.165, 1.54) is 23.4 Å². The van der Waals surface area contributed by atoms with Crippen LogP contribution in [-0.2, 0) is 16.1 Å². The van der Waals surface area contributed by atoms with Crippen molar-refractivity contribution in [1.29, 1.82) is 0 Å². The molecular weight excluding hydrogens is 301 g/mol. The van der Waals surface area contributed by atoms with Crippen molar-refractivity contribution < 1.29 is 13.9 Å². The summed E-state index contributed by atoms with van der Waals surface area (Å²) >= 11 is 0. The summed E-state index contributed by atoms with van der Waals surface area (Å²) in [5.74, 6) is -0.712. The summed E-state index contributed by atoms with van der Waals surface area (Å²) in [6.45, 7) is 1.38. The van der Waals surface area contributed by atoms with E-state index in [0.29, 0.717) is 17.9 Å². The summed E-state index contributed by atoms with van der Waals surface area (Å²) in [4.78, 5) is 15.6. The van der Waals surface area contributed by atoms with Gasteiger partial charge in [-0.25, -0.2) is 14.1 Å². The molecule has 0 spiro atoms. The second kappa shape index (κ2) is 7.19. The Labute approximate surface area is 132 Å². The summed E-state index contributed by atoms with van der Waals surface area (Å²) in [7, 11) is 0. The van der Waals surface area contributed by atoms with Crippen LogP contribution in [0.25, 0.3) is 0 Å². The molecule has 1 saturated heterocycles. The van der Waals surface area contributed by atoms with E-state index in [4.69, 9.17) is 4.74 Å². The van der Waals surface area contributed by atoms with E-state index < -0.39 is 5.82 Å². The van der Waals surface area contributed by atoms with Crippen LogP contribution in [0.3, 0.4) is 0 Å². The number of amides is 1. The molecule has 0 radical (unpaired) electrons. The second-order valence-corrected chi connectivity index (χ2v) is 5.35. The summed E-state index contributed by atoms with van der Waals surface area (Å²) in [5, 5.41) is 9.50. The van der Waals surface area contributed by atoms with Crippen LogP contribution in [0.1, 0.15) is 12.8 Å². The minimum atomic E-state index is -0.415. The molecule has 7 nitrogen and oxygen atoms in total. The minimum absolute atomic E-state index is 0.0284. The molecule has 8 heteroatoms. The molecule has 0 unspecified atom stereocenters. The fourth-order valence-electron chi connectivity index (χ4n) is 2.43. The highest BCUT2D eigenvalue weighted by atomic mass is 19.1. The standard InChI is InChI=1S/C15H18FN5O2/c16-13-6-11(20-15(22)8-21-10-17-9-19-21)3-4-14(13)18-7-12-2-1-5-23-12/h3-4,6,9-10,12,18H,1-2,5,7-8H2,(H,20,22)/t12-/m0/s1. The Morgan fingerprint density at radius 1 is 1.48 bits per heavy atom. The first-order chi connectivity index (χ1) is 11.2. The van der Waals surface area contributed by atoms with Gasteiger partial charge < -0.3 is 15.4 Å². The van der Waals surface area contributed by atoms with Crippen LogP contribution >= 0.6 is 0 Å². The van der Waals surface area contributed by atoms with Gasteiger partial charge in [0.05, 0.1) is 11.8 Å². The average molecular weight is 319 g/mol. The molecule has 23 heavy (non-hydrogen) atoms. The third kappa shape index (κ3) is 4.26. The lowest BCUT2D eigenvalue weighted by molar-refractivity contribution is -0.116. The Morgan fingerprint density at radius 3 is 3.09 bits per heavy atom. The van der Waals surface area contributed by atoms with Crippen molar-refractivity contribution in [3.05, 3.63) is 36.7 Å². The predicted molar refractivity (Wildman–Crippen MR) is 82.5 cm³/mol. The molecule has 1 aliphatic heterocycles. The average Bonchev–Trinajstić information content (AvgIpc) is 3.19. The maximum atomic E-state index is 14.1. The number of nitrogens with zero attached hydrogens (tertiary/aromatic N) is 3. The lowest BCUT2D eigenvalue weighted by Crippen LogP contribution is -2.20. The molecule has 3 rings (SSSR count). The van der Waals surface area contributed by atoms with Gasteiger partial charge in [0.1, 0.15) is 25.0 Å². The minimum Gasteiger partial charge on any atom is -0.380 e. The molecule has 0 aliphatic carbocycles. The highest BCUT2D eigenvalue weighted by Gasteiger charge is 2.15. The lowest BCUT2D eigenvalue weighted by atomic mass is 10.2. The Bertz CT molecular complexity index is 656. The zero-order valence-corrected chi connectivity index (χ0v) is 12.5. The highest BCUT2D eigenvalue weighted by molar-refractivity contribution is 5.90. The monoisotopic (exact) mass is 319 g/mol. The van der Waals surface area contributed by atoms with Crippen molar-refractivity contribution in [3.8, 4) is 0 Å². The van der Waals surface area contributed by atoms with Gasteiger partial charge in [-0.3, -0.25) is 4.79 Å². The Morgan fingerprint density at radius 2 is 2.39 bits per heavy atom. The van der Waals surface area contributed by atoms with E-state index in [0.717, 1.165) is 19.4 Å². The SMILES string of the molecule is O=C(Cn1cncn1)Nc1ccc(NC[C@@H]2CCCO2)c(F)c1. The molecule has 1 fully saturated rings. The Balaban J connectivity index is 1.54. The van der Waals surface area contributed by atoms with Gasteiger partial charge in [-0.05, 0) is 31.0 Å². The van der Waals surface area contributed by atoms with Crippen molar-refractivity contribution in [2.45, 2.75) is 25.5 Å². The number of carbonyl (C=O) groups excluding carboxylic acids is 1. The second-order valence-electron chi connectivity index (χ2n) is 5.35. The molecule has 122 valence electrons. The number of rotatable bonds is 6. The molecule has 2 aromatic rings. The van der Waals surface area contributed by atoms with Crippen LogP contribution in [0.15, 0.2) is 30.9 Å². The van der Waals surface area contributed by atoms with Crippen LogP contribution in [0.5, 0.6) is 0 Å². The number of hydrogen-bond acceptors (Lipinski definition) is 5. The largest absolute Gasteiger partial charge is 0.380 e. The van der Waals surface area contributed by atoms with Crippen LogP contribution < -0.4 is 10.6 Å². The van der Waals surface area contributed by atoms with E-state index in [1.54, 1.807) is 12.1 Å². The molecular formula is C15H18FN5O2. The molecule has 2 N–H and O–H groups in total. The number of nitrogens with one attached hydrogen (secondary N) is 2. The van der Waals surface area contributed by atoms with Gasteiger partial charge in [-0.15, -0.1) is 0 Å². The topological polar surface area (TPSA) is 81.1 Å². The smallest absolute Gasteiger partial charge is 0.246 e. The van der Waals surface area contributed by atoms with Crippen molar-refractivity contribution in [2.24, 2.45) is 0 Å². The van der Waals surface area contributed by atoms with Crippen LogP contribution in [0.4, 0.5) is 15.8 Å². The molecule has 0 bridgehead atoms. The van der Waals surface area contributed by atoms with E-state index in [9.17, 15) is 9.18 Å². The number of aromatic nitrogens is 3. The maximum absolute atomic E-state index is 14.1. The highest BCUT2D eigenvalue weighted by Crippen LogP contribution is 2.20. The quantitative estimate of drug-likeness (QED) is 0.846. The molecule has 2 heterocycles. The Hall–Kier alpha value is -2.48. The number of hydrogen-bond donors (Lipinski definition) is 2. The first-order valence-corrected chi connectivity index (χ1v) is 7.48. The van der Waals surface area contributed by atoms with Crippen LogP contribution in [-0.4, -0.2) is 39.9 Å². The number of ether oxygens (including phenoxy) is 1. The molecule has 1 aromatic heterocycles. The van der Waals surface area contributed by atoms with Crippen molar-refractivity contribution in [3.63, 3.8) is 0 Å². The summed E-state index contributed by atoms with van der Waals surface area (Å²) in [6, 6.07) is 4.55. The summed E-state index contributed by atoms with van der Waals surface area (Å²) in [6.07, 6.45) is 4.97. The van der Waals surface area contributed by atoms with Crippen LogP contribution in [0, 0.1) is 5.82 Å². The zero-order valence-electron chi connectivity index (χ0n) is 12.5. The van der Waals surface area contributed by atoms with E-state index in [2.05, 4.69) is 20.7 Å². The maximum Gasteiger partial charge on any atom is 0.246 e. The Kier molecular flexibility index (Phi) is 4.82. The van der Waals surface area contributed by atoms with Gasteiger partial charge in [0, 0.05) is 18.8 Å². The van der Waals surface area contributed by atoms with E-state index in [-0.39, 0.29) is 18.6 Å². The molecule has 1 atom stereocenters. The third-order valence-corrected chi connectivity index (χ3v) is 3.57. The first-order valence-electron chi connectivity index (χ1n) is 7.48. The third-order valence-electron chi connectivity index (χ3n) is 3.57. The van der Waals surface area contributed by atoms with Gasteiger partial charge in [0.15, 0.2) is 0 Å². The van der Waals surface area contributed by atoms with Crippen LogP contribution in [0.2, 0.25) is 0 Å². The molecule has 1 aromatic carbocycles. The van der Waals surface area contributed by atoms with Gasteiger partial charge in [0.25, 0.3) is 0 Å². The number of anilines is 2. The molecule has 1 aliphatic rings. The summed E-state index contributed by atoms with van der Waals surface area (Å²) in [5.41, 5.74) is 0.796. The fourth-order valence-corrected chi connectivity index (χ4v) is 2.43. The number of benzene rings is 1.